The molecule has 4 heterocycles. The van der Waals surface area contributed by atoms with E-state index in [9.17, 15) is 4.79 Å². The van der Waals surface area contributed by atoms with E-state index in [-0.39, 0.29) is 11.9 Å². The Morgan fingerprint density at radius 2 is 2.25 bits per heavy atom. The largest absolute Gasteiger partial charge is 0.491 e. The Hall–Kier alpha value is -2.80. The molecule has 2 aliphatic heterocycles. The van der Waals surface area contributed by atoms with Crippen molar-refractivity contribution in [2.24, 2.45) is 0 Å². The second-order valence-corrected chi connectivity index (χ2v) is 7.68. The number of halogens is 1. The molecular formula is C20H20ClN5O2. The maximum atomic E-state index is 13.1. The summed E-state index contributed by atoms with van der Waals surface area (Å²) in [4.78, 5) is 17.8. The fraction of sp³-hybridized carbons (Fsp3) is 0.350. The van der Waals surface area contributed by atoms with Crippen molar-refractivity contribution in [2.75, 3.05) is 6.61 Å². The second-order valence-electron chi connectivity index (χ2n) is 7.24. The topological polar surface area (TPSA) is 84.8 Å². The van der Waals surface area contributed by atoms with Crippen LogP contribution in [0.1, 0.15) is 34.7 Å². The van der Waals surface area contributed by atoms with Crippen LogP contribution in [0.4, 0.5) is 0 Å². The molecule has 0 fully saturated rings. The first-order valence-electron chi connectivity index (χ1n) is 9.50. The number of rotatable bonds is 3. The predicted molar refractivity (Wildman–Crippen MR) is 105 cm³/mol. The summed E-state index contributed by atoms with van der Waals surface area (Å²) in [6.07, 6.45) is 5.42. The Kier molecular flexibility index (Phi) is 4.31. The monoisotopic (exact) mass is 397 g/mol. The van der Waals surface area contributed by atoms with E-state index in [1.807, 2.05) is 24.3 Å². The van der Waals surface area contributed by atoms with Gasteiger partial charge in [0.15, 0.2) is 5.69 Å². The summed E-state index contributed by atoms with van der Waals surface area (Å²) in [5, 5.41) is 10.8. The van der Waals surface area contributed by atoms with E-state index in [1.165, 1.54) is 0 Å². The molecule has 3 aromatic rings. The van der Waals surface area contributed by atoms with Gasteiger partial charge in [0.2, 0.25) is 0 Å². The standard InChI is InChI=1S/C20H20ClN5O2/c21-13-4-5-16-12(9-13)10-14(11-28-16)23-20(27)18-19(15-6-7-22-25-15)26-8-2-1-3-17(26)24-18/h4-7,9,14H,1-3,8,10-11H2,(H,22,25)(H,23,27). The second kappa shape index (κ2) is 6.98. The Balaban J connectivity index is 1.42. The average molecular weight is 398 g/mol. The van der Waals surface area contributed by atoms with Crippen molar-refractivity contribution in [3.63, 3.8) is 0 Å². The van der Waals surface area contributed by atoms with E-state index in [1.54, 1.807) is 6.20 Å². The molecule has 2 aliphatic rings. The van der Waals surface area contributed by atoms with Gasteiger partial charge in [-0.3, -0.25) is 9.89 Å². The lowest BCUT2D eigenvalue weighted by Crippen LogP contribution is -2.43. The summed E-state index contributed by atoms with van der Waals surface area (Å²) in [7, 11) is 0. The van der Waals surface area contributed by atoms with Crippen molar-refractivity contribution in [2.45, 2.75) is 38.3 Å². The van der Waals surface area contributed by atoms with E-state index in [4.69, 9.17) is 16.3 Å². The first-order chi connectivity index (χ1) is 13.7. The number of hydrogen-bond acceptors (Lipinski definition) is 4. The molecule has 2 aromatic heterocycles. The number of H-pyrrole nitrogens is 1. The van der Waals surface area contributed by atoms with E-state index in [0.29, 0.717) is 23.7 Å². The minimum Gasteiger partial charge on any atom is -0.491 e. The van der Waals surface area contributed by atoms with Gasteiger partial charge in [-0.05, 0) is 49.1 Å². The lowest BCUT2D eigenvalue weighted by Gasteiger charge is -2.26. The summed E-state index contributed by atoms with van der Waals surface area (Å²) in [6, 6.07) is 7.31. The van der Waals surface area contributed by atoms with Crippen LogP contribution >= 0.6 is 11.6 Å². The minimum atomic E-state index is -0.189. The fourth-order valence-electron chi connectivity index (χ4n) is 4.01. The van der Waals surface area contributed by atoms with Crippen LogP contribution in [0.5, 0.6) is 5.75 Å². The van der Waals surface area contributed by atoms with Crippen molar-refractivity contribution in [3.8, 4) is 17.1 Å². The van der Waals surface area contributed by atoms with Gasteiger partial charge in [-0.2, -0.15) is 5.10 Å². The highest BCUT2D eigenvalue weighted by Gasteiger charge is 2.28. The van der Waals surface area contributed by atoms with Gasteiger partial charge in [0, 0.05) is 24.2 Å². The van der Waals surface area contributed by atoms with E-state index < -0.39 is 0 Å². The van der Waals surface area contributed by atoms with Gasteiger partial charge in [0.05, 0.1) is 17.4 Å². The SMILES string of the molecule is O=C(NC1COc2ccc(Cl)cc2C1)c1nc2n(c1-c1ccn[nH]1)CCCC2. The normalized spacial score (nSPS) is 18.1. The van der Waals surface area contributed by atoms with Crippen molar-refractivity contribution in [1.82, 2.24) is 25.1 Å². The third-order valence-corrected chi connectivity index (χ3v) is 5.55. The number of hydrogen-bond donors (Lipinski definition) is 2. The van der Waals surface area contributed by atoms with Crippen molar-refractivity contribution in [3.05, 3.63) is 52.6 Å². The lowest BCUT2D eigenvalue weighted by atomic mass is 10.0. The molecular weight excluding hydrogens is 378 g/mol. The molecule has 1 amide bonds. The van der Waals surface area contributed by atoms with Crippen LogP contribution in [-0.4, -0.2) is 38.3 Å². The number of carbonyl (C=O) groups is 1. The summed E-state index contributed by atoms with van der Waals surface area (Å²) in [5.41, 5.74) is 3.06. The zero-order chi connectivity index (χ0) is 19.1. The third-order valence-electron chi connectivity index (χ3n) is 5.31. The van der Waals surface area contributed by atoms with Gasteiger partial charge >= 0.3 is 0 Å². The maximum Gasteiger partial charge on any atom is 0.272 e. The number of aromatic amines is 1. The van der Waals surface area contributed by atoms with Crippen LogP contribution < -0.4 is 10.1 Å². The van der Waals surface area contributed by atoms with Crippen LogP contribution in [0, 0.1) is 0 Å². The summed E-state index contributed by atoms with van der Waals surface area (Å²) in [6.45, 7) is 1.29. The Bertz CT molecular complexity index is 1030. The van der Waals surface area contributed by atoms with Crippen LogP contribution in [0.15, 0.2) is 30.5 Å². The van der Waals surface area contributed by atoms with E-state index >= 15 is 0 Å². The Morgan fingerprint density at radius 1 is 1.32 bits per heavy atom. The molecule has 28 heavy (non-hydrogen) atoms. The number of aromatic nitrogens is 4. The highest BCUT2D eigenvalue weighted by Crippen LogP contribution is 2.29. The smallest absolute Gasteiger partial charge is 0.272 e. The number of amides is 1. The first-order valence-corrected chi connectivity index (χ1v) is 9.88. The van der Waals surface area contributed by atoms with Crippen LogP contribution in [0.3, 0.4) is 0 Å². The number of fused-ring (bicyclic) bond motifs is 2. The van der Waals surface area contributed by atoms with Gasteiger partial charge in [-0.15, -0.1) is 0 Å². The van der Waals surface area contributed by atoms with Crippen molar-refractivity contribution < 1.29 is 9.53 Å². The van der Waals surface area contributed by atoms with Gasteiger partial charge in [-0.25, -0.2) is 4.98 Å². The molecule has 2 N–H and O–H groups in total. The zero-order valence-electron chi connectivity index (χ0n) is 15.2. The number of imidazole rings is 1. The fourth-order valence-corrected chi connectivity index (χ4v) is 4.21. The number of benzene rings is 1. The molecule has 7 nitrogen and oxygen atoms in total. The predicted octanol–water partition coefficient (Wildman–Crippen LogP) is 3.00. The van der Waals surface area contributed by atoms with Gasteiger partial charge in [0.25, 0.3) is 5.91 Å². The molecule has 8 heteroatoms. The van der Waals surface area contributed by atoms with Gasteiger partial charge in [-0.1, -0.05) is 11.6 Å². The van der Waals surface area contributed by atoms with Crippen LogP contribution in [0.25, 0.3) is 11.4 Å². The Labute approximate surface area is 167 Å². The molecule has 1 aromatic carbocycles. The third kappa shape index (κ3) is 3.05. The maximum absolute atomic E-state index is 13.1. The Morgan fingerprint density at radius 3 is 3.11 bits per heavy atom. The molecule has 0 saturated heterocycles. The average Bonchev–Trinajstić information content (AvgIpc) is 3.35. The molecule has 0 aliphatic carbocycles. The van der Waals surface area contributed by atoms with Crippen molar-refractivity contribution >= 4 is 17.5 Å². The number of nitrogens with zero attached hydrogens (tertiary/aromatic N) is 3. The first kappa shape index (κ1) is 17.3. The van der Waals surface area contributed by atoms with Crippen LogP contribution in [-0.2, 0) is 19.4 Å². The summed E-state index contributed by atoms with van der Waals surface area (Å²) in [5.74, 6) is 1.59. The van der Waals surface area contributed by atoms with Crippen molar-refractivity contribution in [1.29, 1.82) is 0 Å². The van der Waals surface area contributed by atoms with E-state index in [2.05, 4.69) is 25.1 Å². The summed E-state index contributed by atoms with van der Waals surface area (Å²) >= 11 is 6.10. The van der Waals surface area contributed by atoms with Gasteiger partial charge < -0.3 is 14.6 Å². The number of nitrogens with one attached hydrogen (secondary N) is 2. The number of ether oxygens (including phenoxy) is 1. The van der Waals surface area contributed by atoms with Gasteiger partial charge in [0.1, 0.15) is 18.2 Å². The molecule has 1 atom stereocenters. The highest BCUT2D eigenvalue weighted by molar-refractivity contribution is 6.30. The van der Waals surface area contributed by atoms with E-state index in [0.717, 1.165) is 54.3 Å². The molecule has 1 unspecified atom stereocenters. The van der Waals surface area contributed by atoms with Crippen LogP contribution in [0.2, 0.25) is 5.02 Å². The molecule has 144 valence electrons. The summed E-state index contributed by atoms with van der Waals surface area (Å²) < 4.78 is 7.93. The molecule has 0 radical (unpaired) electrons. The highest BCUT2D eigenvalue weighted by atomic mass is 35.5. The lowest BCUT2D eigenvalue weighted by molar-refractivity contribution is 0.0911. The minimum absolute atomic E-state index is 0.133. The molecule has 5 rings (SSSR count). The number of aryl methyl sites for hydroxylation is 1. The quantitative estimate of drug-likeness (QED) is 0.711. The number of carbonyl (C=O) groups excluding carboxylic acids is 1. The molecule has 0 spiro atoms. The zero-order valence-corrected chi connectivity index (χ0v) is 16.0. The molecule has 0 bridgehead atoms. The molecule has 0 saturated carbocycles.